The second-order valence-electron chi connectivity index (χ2n) is 4.44. The number of benzene rings is 1. The molecule has 0 saturated carbocycles. The van der Waals surface area contributed by atoms with Crippen LogP contribution in [0.2, 0.25) is 0 Å². The van der Waals surface area contributed by atoms with Crippen molar-refractivity contribution in [3.63, 3.8) is 0 Å². The van der Waals surface area contributed by atoms with Crippen LogP contribution < -0.4 is 10.1 Å². The zero-order valence-electron chi connectivity index (χ0n) is 11.4. The van der Waals surface area contributed by atoms with Gasteiger partial charge in [-0.1, -0.05) is 13.0 Å². The molecule has 0 saturated heterocycles. The molecule has 2 aromatic heterocycles. The van der Waals surface area contributed by atoms with Crippen molar-refractivity contribution >= 4 is 39.7 Å². The second-order valence-corrected chi connectivity index (χ2v) is 5.69. The predicted octanol–water partition coefficient (Wildman–Crippen LogP) is 3.57. The molecule has 0 spiro atoms. The number of hydrogen-bond donors (Lipinski definition) is 2. The number of halogens is 1. The minimum atomic E-state index is 0.470. The summed E-state index contributed by atoms with van der Waals surface area (Å²) < 4.78 is 6.99. The van der Waals surface area contributed by atoms with Crippen molar-refractivity contribution in [2.24, 2.45) is 0 Å². The lowest BCUT2D eigenvalue weighted by Crippen LogP contribution is -2.05. The highest BCUT2D eigenvalue weighted by Gasteiger charge is 2.12. The molecule has 21 heavy (non-hydrogen) atoms. The number of anilines is 1. The molecule has 0 radical (unpaired) electrons. The van der Waals surface area contributed by atoms with Crippen LogP contribution in [0.4, 0.5) is 5.95 Å². The SMILES string of the molecule is CCCNc1nc(Oc2cccc(I)c2)c2[nH]cnc2n1. The van der Waals surface area contributed by atoms with E-state index in [1.807, 2.05) is 24.3 Å². The fourth-order valence-corrected chi connectivity index (χ4v) is 2.35. The molecule has 0 aliphatic rings. The normalized spacial score (nSPS) is 10.8. The number of ether oxygens (including phenoxy) is 1. The molecule has 1 aromatic carbocycles. The molecule has 0 aliphatic carbocycles. The third kappa shape index (κ3) is 3.23. The van der Waals surface area contributed by atoms with E-state index in [9.17, 15) is 0 Å². The Labute approximate surface area is 135 Å². The van der Waals surface area contributed by atoms with Crippen LogP contribution in [0.1, 0.15) is 13.3 Å². The maximum atomic E-state index is 5.88. The Kier molecular flexibility index (Phi) is 4.18. The van der Waals surface area contributed by atoms with E-state index in [-0.39, 0.29) is 0 Å². The molecule has 3 aromatic rings. The van der Waals surface area contributed by atoms with Gasteiger partial charge in [0.15, 0.2) is 5.65 Å². The first-order valence-corrected chi connectivity index (χ1v) is 7.72. The molecule has 0 fully saturated rings. The zero-order chi connectivity index (χ0) is 14.7. The van der Waals surface area contributed by atoms with Gasteiger partial charge in [0.1, 0.15) is 11.3 Å². The van der Waals surface area contributed by atoms with Gasteiger partial charge < -0.3 is 15.0 Å². The average Bonchev–Trinajstić information content (AvgIpc) is 2.94. The van der Waals surface area contributed by atoms with Crippen LogP contribution in [0.5, 0.6) is 11.6 Å². The van der Waals surface area contributed by atoms with E-state index in [2.05, 4.69) is 54.8 Å². The van der Waals surface area contributed by atoms with Gasteiger partial charge in [-0.2, -0.15) is 9.97 Å². The molecule has 0 bridgehead atoms. The van der Waals surface area contributed by atoms with Crippen LogP contribution >= 0.6 is 22.6 Å². The van der Waals surface area contributed by atoms with E-state index in [1.54, 1.807) is 6.33 Å². The summed E-state index contributed by atoms with van der Waals surface area (Å²) in [6, 6.07) is 7.79. The van der Waals surface area contributed by atoms with Crippen molar-refractivity contribution in [1.29, 1.82) is 0 Å². The van der Waals surface area contributed by atoms with Crippen molar-refractivity contribution < 1.29 is 4.74 Å². The number of H-pyrrole nitrogens is 1. The number of hydrogen-bond acceptors (Lipinski definition) is 5. The molecule has 3 rings (SSSR count). The smallest absolute Gasteiger partial charge is 0.250 e. The van der Waals surface area contributed by atoms with Gasteiger partial charge in [0, 0.05) is 10.1 Å². The Morgan fingerprint density at radius 2 is 2.24 bits per heavy atom. The lowest BCUT2D eigenvalue weighted by Gasteiger charge is -2.08. The molecular formula is C14H14IN5O. The fourth-order valence-electron chi connectivity index (χ4n) is 1.84. The van der Waals surface area contributed by atoms with Crippen LogP contribution in [-0.2, 0) is 0 Å². The van der Waals surface area contributed by atoms with Crippen molar-refractivity contribution in [3.8, 4) is 11.6 Å². The van der Waals surface area contributed by atoms with Gasteiger partial charge in [-0.3, -0.25) is 0 Å². The van der Waals surface area contributed by atoms with Crippen LogP contribution in [0, 0.1) is 3.57 Å². The highest BCUT2D eigenvalue weighted by Crippen LogP contribution is 2.27. The number of rotatable bonds is 5. The predicted molar refractivity (Wildman–Crippen MR) is 89.7 cm³/mol. The summed E-state index contributed by atoms with van der Waals surface area (Å²) in [5.74, 6) is 1.73. The summed E-state index contributed by atoms with van der Waals surface area (Å²) in [5.41, 5.74) is 1.28. The first-order valence-electron chi connectivity index (χ1n) is 6.64. The van der Waals surface area contributed by atoms with E-state index in [0.29, 0.717) is 23.0 Å². The minimum absolute atomic E-state index is 0.470. The Hall–Kier alpha value is -1.90. The summed E-state index contributed by atoms with van der Waals surface area (Å²) in [5, 5.41) is 3.16. The molecule has 108 valence electrons. The van der Waals surface area contributed by atoms with Gasteiger partial charge in [-0.05, 0) is 47.2 Å². The summed E-state index contributed by atoms with van der Waals surface area (Å²) >= 11 is 2.24. The molecular weight excluding hydrogens is 381 g/mol. The van der Waals surface area contributed by atoms with Crippen LogP contribution in [0.25, 0.3) is 11.2 Å². The zero-order valence-corrected chi connectivity index (χ0v) is 13.6. The standard InChI is InChI=1S/C14H14IN5O/c1-2-6-16-14-19-12-11(17-8-18-12)13(20-14)21-10-5-3-4-9(15)7-10/h3-5,7-8H,2,6H2,1H3,(H2,16,17,18,19,20). The quantitative estimate of drug-likeness (QED) is 0.646. The lowest BCUT2D eigenvalue weighted by molar-refractivity contribution is 0.467. The van der Waals surface area contributed by atoms with Gasteiger partial charge in [0.2, 0.25) is 5.95 Å². The Balaban J connectivity index is 1.97. The Bertz CT molecular complexity index is 758. The number of aromatic nitrogens is 4. The molecule has 6 nitrogen and oxygen atoms in total. The first-order chi connectivity index (χ1) is 10.3. The van der Waals surface area contributed by atoms with E-state index < -0.39 is 0 Å². The van der Waals surface area contributed by atoms with Crippen molar-refractivity contribution in [1.82, 2.24) is 19.9 Å². The average molecular weight is 395 g/mol. The third-order valence-electron chi connectivity index (χ3n) is 2.80. The maximum absolute atomic E-state index is 5.88. The highest BCUT2D eigenvalue weighted by atomic mass is 127. The van der Waals surface area contributed by atoms with Crippen LogP contribution in [0.15, 0.2) is 30.6 Å². The third-order valence-corrected chi connectivity index (χ3v) is 3.47. The molecule has 2 heterocycles. The summed E-state index contributed by atoms with van der Waals surface area (Å²) in [7, 11) is 0. The van der Waals surface area contributed by atoms with Gasteiger partial charge >= 0.3 is 0 Å². The van der Waals surface area contributed by atoms with Gasteiger partial charge in [0.05, 0.1) is 6.33 Å². The van der Waals surface area contributed by atoms with Gasteiger partial charge in [0.25, 0.3) is 5.88 Å². The molecule has 0 atom stereocenters. The van der Waals surface area contributed by atoms with Crippen molar-refractivity contribution in [3.05, 3.63) is 34.2 Å². The number of nitrogens with zero attached hydrogens (tertiary/aromatic N) is 3. The summed E-state index contributed by atoms with van der Waals surface area (Å²) in [4.78, 5) is 16.0. The van der Waals surface area contributed by atoms with Crippen molar-refractivity contribution in [2.45, 2.75) is 13.3 Å². The maximum Gasteiger partial charge on any atom is 0.250 e. The Morgan fingerprint density at radius 1 is 1.33 bits per heavy atom. The van der Waals surface area contributed by atoms with Crippen molar-refractivity contribution in [2.75, 3.05) is 11.9 Å². The molecule has 7 heteroatoms. The highest BCUT2D eigenvalue weighted by molar-refractivity contribution is 14.1. The number of aromatic amines is 1. The van der Waals surface area contributed by atoms with E-state index in [4.69, 9.17) is 4.74 Å². The summed E-state index contributed by atoms with van der Waals surface area (Å²) in [6.45, 7) is 2.89. The van der Waals surface area contributed by atoms with Crippen LogP contribution in [-0.4, -0.2) is 26.5 Å². The fraction of sp³-hybridized carbons (Fsp3) is 0.214. The monoisotopic (exact) mass is 395 g/mol. The van der Waals surface area contributed by atoms with E-state index in [0.717, 1.165) is 22.3 Å². The van der Waals surface area contributed by atoms with Gasteiger partial charge in [-0.15, -0.1) is 0 Å². The number of nitrogens with one attached hydrogen (secondary N) is 2. The van der Waals surface area contributed by atoms with Gasteiger partial charge in [-0.25, -0.2) is 4.98 Å². The molecule has 2 N–H and O–H groups in total. The summed E-state index contributed by atoms with van der Waals surface area (Å²) in [6.07, 6.45) is 2.58. The molecule has 0 amide bonds. The minimum Gasteiger partial charge on any atom is -0.437 e. The number of fused-ring (bicyclic) bond motifs is 1. The molecule has 0 aliphatic heterocycles. The van der Waals surface area contributed by atoms with Crippen LogP contribution in [0.3, 0.4) is 0 Å². The largest absolute Gasteiger partial charge is 0.437 e. The first kappa shape index (κ1) is 14.1. The second kappa shape index (κ2) is 6.25. The molecule has 0 unspecified atom stereocenters. The number of imidazole rings is 1. The van der Waals surface area contributed by atoms with E-state index in [1.165, 1.54) is 0 Å². The van der Waals surface area contributed by atoms with E-state index >= 15 is 0 Å². The lowest BCUT2D eigenvalue weighted by atomic mass is 10.3. The topological polar surface area (TPSA) is 75.7 Å². The Morgan fingerprint density at radius 3 is 3.05 bits per heavy atom.